The van der Waals surface area contributed by atoms with E-state index in [-0.39, 0.29) is 5.69 Å². The molecule has 0 spiro atoms. The van der Waals surface area contributed by atoms with Crippen LogP contribution < -0.4 is 11.1 Å². The van der Waals surface area contributed by atoms with Crippen LogP contribution in [-0.2, 0) is 0 Å². The van der Waals surface area contributed by atoms with E-state index in [0.717, 1.165) is 0 Å². The summed E-state index contributed by atoms with van der Waals surface area (Å²) in [6.07, 6.45) is 5.02. The Kier molecular flexibility index (Phi) is 2.82. The van der Waals surface area contributed by atoms with Gasteiger partial charge in [-0.25, -0.2) is 0 Å². The molecule has 0 fully saturated rings. The molecule has 0 radical (unpaired) electrons. The number of carbonyl (C=O) groups excluding carboxylic acids is 1. The van der Waals surface area contributed by atoms with Crippen molar-refractivity contribution in [2.75, 3.05) is 11.9 Å². The van der Waals surface area contributed by atoms with E-state index in [9.17, 15) is 4.79 Å². The summed E-state index contributed by atoms with van der Waals surface area (Å²) < 4.78 is 0. The largest absolute Gasteiger partial charge is 0.364 e. The first-order valence-electron chi connectivity index (χ1n) is 3.55. The number of primary amides is 1. The first kappa shape index (κ1) is 9.00. The summed E-state index contributed by atoms with van der Waals surface area (Å²) in [4.78, 5) is 10.6. The van der Waals surface area contributed by atoms with Gasteiger partial charge in [0.05, 0.1) is 6.54 Å². The Morgan fingerprint density at radius 2 is 2.38 bits per heavy atom. The summed E-state index contributed by atoms with van der Waals surface area (Å²) in [5.41, 5.74) is 5.10. The molecular weight excluding hydrogens is 168 g/mol. The molecule has 1 heterocycles. The van der Waals surface area contributed by atoms with Crippen molar-refractivity contribution in [3.63, 3.8) is 0 Å². The van der Waals surface area contributed by atoms with Crippen LogP contribution in [0.25, 0.3) is 0 Å². The minimum atomic E-state index is -0.601. The van der Waals surface area contributed by atoms with Gasteiger partial charge in [0, 0.05) is 0 Å². The summed E-state index contributed by atoms with van der Waals surface area (Å²) in [5.74, 6) is 2.30. The summed E-state index contributed by atoms with van der Waals surface area (Å²) >= 11 is 0. The molecule has 3 N–H and O–H groups in total. The topological polar surface area (TPSA) is 80.9 Å². The van der Waals surface area contributed by atoms with Crippen molar-refractivity contribution in [2.24, 2.45) is 5.73 Å². The standard InChI is InChI=1S/C8H8N4O/c1-2-5-10-7-4-3-6(8(9)13)11-12-7/h1,3-4H,5H2,(H2,9,13)(H,10,12). The highest BCUT2D eigenvalue weighted by atomic mass is 16.1. The maximum Gasteiger partial charge on any atom is 0.269 e. The van der Waals surface area contributed by atoms with Crippen molar-refractivity contribution in [1.29, 1.82) is 0 Å². The summed E-state index contributed by atoms with van der Waals surface area (Å²) in [7, 11) is 0. The molecule has 0 aliphatic heterocycles. The fraction of sp³-hybridized carbons (Fsp3) is 0.125. The van der Waals surface area contributed by atoms with Gasteiger partial charge in [-0.05, 0) is 12.1 Å². The fourth-order valence-corrected chi connectivity index (χ4v) is 0.700. The number of aromatic nitrogens is 2. The lowest BCUT2D eigenvalue weighted by Crippen LogP contribution is -2.14. The fourth-order valence-electron chi connectivity index (χ4n) is 0.700. The third-order valence-electron chi connectivity index (χ3n) is 1.29. The molecule has 5 nitrogen and oxygen atoms in total. The molecule has 0 unspecified atom stereocenters. The normalized spacial score (nSPS) is 8.85. The van der Waals surface area contributed by atoms with Crippen LogP contribution in [0.15, 0.2) is 12.1 Å². The summed E-state index contributed by atoms with van der Waals surface area (Å²) in [6.45, 7) is 0.366. The predicted octanol–water partition coefficient (Wildman–Crippen LogP) is -0.379. The minimum Gasteiger partial charge on any atom is -0.364 e. The molecule has 0 aliphatic carbocycles. The van der Waals surface area contributed by atoms with Gasteiger partial charge in [0.1, 0.15) is 5.82 Å². The van der Waals surface area contributed by atoms with Crippen molar-refractivity contribution in [3.05, 3.63) is 17.8 Å². The Hall–Kier alpha value is -2.09. The quantitative estimate of drug-likeness (QED) is 0.615. The van der Waals surface area contributed by atoms with Crippen LogP contribution in [0.5, 0.6) is 0 Å². The smallest absolute Gasteiger partial charge is 0.269 e. The molecule has 13 heavy (non-hydrogen) atoms. The molecule has 1 amide bonds. The molecule has 66 valence electrons. The van der Waals surface area contributed by atoms with Gasteiger partial charge in [0.15, 0.2) is 5.69 Å². The number of rotatable bonds is 3. The number of terminal acetylenes is 1. The third kappa shape index (κ3) is 2.45. The van der Waals surface area contributed by atoms with Gasteiger partial charge >= 0.3 is 0 Å². The zero-order valence-electron chi connectivity index (χ0n) is 6.82. The average Bonchev–Trinajstić information content (AvgIpc) is 2.15. The second-order valence-electron chi connectivity index (χ2n) is 2.23. The van der Waals surface area contributed by atoms with Crippen LogP contribution in [0.1, 0.15) is 10.5 Å². The number of nitrogens with two attached hydrogens (primary N) is 1. The molecular formula is C8H8N4O. The molecule has 0 aromatic carbocycles. The van der Waals surface area contributed by atoms with E-state index in [1.807, 2.05) is 0 Å². The van der Waals surface area contributed by atoms with E-state index in [1.54, 1.807) is 6.07 Å². The SMILES string of the molecule is C#CCNc1ccc(C(N)=O)nn1. The summed E-state index contributed by atoms with van der Waals surface area (Å²) in [6, 6.07) is 3.07. The van der Waals surface area contributed by atoms with Crippen molar-refractivity contribution in [2.45, 2.75) is 0 Å². The molecule has 5 heteroatoms. The van der Waals surface area contributed by atoms with E-state index in [1.165, 1.54) is 6.07 Å². The highest BCUT2D eigenvalue weighted by Crippen LogP contribution is 2.00. The van der Waals surface area contributed by atoms with E-state index >= 15 is 0 Å². The van der Waals surface area contributed by atoms with Crippen molar-refractivity contribution in [1.82, 2.24) is 10.2 Å². The molecule has 0 saturated carbocycles. The van der Waals surface area contributed by atoms with Crippen molar-refractivity contribution < 1.29 is 4.79 Å². The summed E-state index contributed by atoms with van der Waals surface area (Å²) in [5, 5.41) is 10.1. The average molecular weight is 176 g/mol. The number of carbonyl (C=O) groups is 1. The number of hydrogen-bond acceptors (Lipinski definition) is 4. The first-order chi connectivity index (χ1) is 6.24. The van der Waals surface area contributed by atoms with Crippen LogP contribution in [0.2, 0.25) is 0 Å². The third-order valence-corrected chi connectivity index (χ3v) is 1.29. The monoisotopic (exact) mass is 176 g/mol. The predicted molar refractivity (Wildman–Crippen MR) is 47.9 cm³/mol. The maximum absolute atomic E-state index is 10.6. The lowest BCUT2D eigenvalue weighted by Gasteiger charge is -1.99. The second kappa shape index (κ2) is 4.07. The molecule has 0 atom stereocenters. The Morgan fingerprint density at radius 3 is 2.85 bits per heavy atom. The van der Waals surface area contributed by atoms with E-state index in [4.69, 9.17) is 12.2 Å². The van der Waals surface area contributed by atoms with E-state index in [0.29, 0.717) is 12.4 Å². The zero-order valence-corrected chi connectivity index (χ0v) is 6.82. The Balaban J connectivity index is 2.71. The second-order valence-corrected chi connectivity index (χ2v) is 2.23. The maximum atomic E-state index is 10.6. The molecule has 1 rings (SSSR count). The van der Waals surface area contributed by atoms with E-state index in [2.05, 4.69) is 21.4 Å². The van der Waals surface area contributed by atoms with Gasteiger partial charge in [0.2, 0.25) is 0 Å². The highest BCUT2D eigenvalue weighted by molar-refractivity contribution is 5.90. The van der Waals surface area contributed by atoms with Crippen LogP contribution in [0.3, 0.4) is 0 Å². The lowest BCUT2D eigenvalue weighted by molar-refractivity contribution is 0.0994. The molecule has 1 aromatic rings. The van der Waals surface area contributed by atoms with Gasteiger partial charge in [-0.15, -0.1) is 16.6 Å². The number of amides is 1. The van der Waals surface area contributed by atoms with Gasteiger partial charge in [-0.1, -0.05) is 5.92 Å². The minimum absolute atomic E-state index is 0.131. The number of anilines is 1. The van der Waals surface area contributed by atoms with Gasteiger partial charge in [-0.3, -0.25) is 4.79 Å². The number of hydrogen-bond donors (Lipinski definition) is 2. The number of nitrogens with zero attached hydrogens (tertiary/aromatic N) is 2. The Morgan fingerprint density at radius 1 is 1.62 bits per heavy atom. The number of nitrogens with one attached hydrogen (secondary N) is 1. The zero-order chi connectivity index (χ0) is 9.68. The van der Waals surface area contributed by atoms with Crippen LogP contribution in [0.4, 0.5) is 5.82 Å². The van der Waals surface area contributed by atoms with Gasteiger partial charge in [0.25, 0.3) is 5.91 Å². The van der Waals surface area contributed by atoms with Crippen molar-refractivity contribution >= 4 is 11.7 Å². The lowest BCUT2D eigenvalue weighted by atomic mass is 10.4. The van der Waals surface area contributed by atoms with Gasteiger partial charge in [-0.2, -0.15) is 0 Å². The van der Waals surface area contributed by atoms with Gasteiger partial charge < -0.3 is 11.1 Å². The molecule has 0 saturated heterocycles. The molecule has 0 aliphatic rings. The molecule has 0 bridgehead atoms. The van der Waals surface area contributed by atoms with E-state index < -0.39 is 5.91 Å². The molecule has 1 aromatic heterocycles. The highest BCUT2D eigenvalue weighted by Gasteiger charge is 2.01. The Bertz CT molecular complexity index is 338. The van der Waals surface area contributed by atoms with Crippen LogP contribution >= 0.6 is 0 Å². The Labute approximate surface area is 75.3 Å². The van der Waals surface area contributed by atoms with Crippen LogP contribution in [0, 0.1) is 12.3 Å². The van der Waals surface area contributed by atoms with Crippen LogP contribution in [-0.4, -0.2) is 22.6 Å². The van der Waals surface area contributed by atoms with Crippen molar-refractivity contribution in [3.8, 4) is 12.3 Å². The first-order valence-corrected chi connectivity index (χ1v) is 3.55.